The van der Waals surface area contributed by atoms with Gasteiger partial charge in [-0.25, -0.2) is 9.97 Å². The van der Waals surface area contributed by atoms with Crippen LogP contribution in [0.2, 0.25) is 0 Å². The first-order valence-corrected chi connectivity index (χ1v) is 19.1. The lowest BCUT2D eigenvalue weighted by atomic mass is 9.92. The normalized spacial score (nSPS) is 12.1. The number of hydrogen-bond donors (Lipinski definition) is 4. The molecular weight excluding hydrogens is 685 g/mol. The van der Waals surface area contributed by atoms with Gasteiger partial charge >= 0.3 is 0 Å². The summed E-state index contributed by atoms with van der Waals surface area (Å²) >= 11 is 0. The van der Waals surface area contributed by atoms with Crippen molar-refractivity contribution in [2.24, 2.45) is 0 Å². The first-order valence-electron chi connectivity index (χ1n) is 19.1. The van der Waals surface area contributed by atoms with Crippen molar-refractivity contribution < 1.29 is 0 Å². The largest absolute Gasteiger partial charge is 0.399 e. The topological polar surface area (TPSA) is 109 Å². The summed E-state index contributed by atoms with van der Waals surface area (Å²) in [5.74, 6) is 0. The Morgan fingerprint density at radius 1 is 0.375 bits per heavy atom. The molecule has 0 saturated carbocycles. The number of nitrogens with two attached hydrogens (primary N) is 2. The highest BCUT2D eigenvalue weighted by Crippen LogP contribution is 2.41. The number of rotatable bonds is 4. The Kier molecular flexibility index (Phi) is 8.35. The summed E-state index contributed by atoms with van der Waals surface area (Å²) in [5, 5.41) is 0. The molecule has 0 fully saturated rings. The zero-order valence-corrected chi connectivity index (χ0v) is 32.6. The molecule has 274 valence electrons. The molecule has 6 heteroatoms. The van der Waals surface area contributed by atoms with Crippen LogP contribution in [0.25, 0.3) is 90.9 Å². The van der Waals surface area contributed by atoms with Crippen LogP contribution >= 0.6 is 0 Å². The average Bonchev–Trinajstić information content (AvgIpc) is 3.98. The fourth-order valence-corrected chi connectivity index (χ4v) is 8.88. The Balaban J connectivity index is 1.52. The van der Waals surface area contributed by atoms with Crippen LogP contribution in [0.4, 0.5) is 11.4 Å². The van der Waals surface area contributed by atoms with E-state index in [9.17, 15) is 0 Å². The minimum atomic E-state index is 0.691. The maximum Gasteiger partial charge on any atom is 0.0737 e. The quantitative estimate of drug-likeness (QED) is 0.135. The number of aromatic amines is 2. The summed E-state index contributed by atoms with van der Waals surface area (Å²) in [5.41, 5.74) is 37.0. The summed E-state index contributed by atoms with van der Waals surface area (Å²) in [6.07, 6.45) is 8.54. The first kappa shape index (κ1) is 34.8. The highest BCUT2D eigenvalue weighted by Gasteiger charge is 2.21. The third-order valence-corrected chi connectivity index (χ3v) is 11.0. The molecule has 4 aromatic carbocycles. The molecule has 9 rings (SSSR count). The molecule has 0 spiro atoms. The molecule has 8 bridgehead atoms. The molecule has 5 heterocycles. The standard InChI is InChI=1S/C50H44N6/c1-27-21-29(3)45(30(4)22-27)49-41-17-13-37(53-41)47(33-9-7-11-35(51)25-33)39-15-19-43(55-39)50(46-31(5)23-28(2)24-32(46)6)44-20-16-40(56-44)48(38-14-18-42(49)54-38)34-10-8-12-36(52)26-34/h7-26,53,56H,51-52H2,1-6H3. The lowest BCUT2D eigenvalue weighted by molar-refractivity contribution is 1.28. The Bertz CT molecular complexity index is 2760. The second-order valence-electron chi connectivity index (χ2n) is 15.3. The summed E-state index contributed by atoms with van der Waals surface area (Å²) in [7, 11) is 0. The molecule has 7 aromatic rings. The smallest absolute Gasteiger partial charge is 0.0737 e. The van der Waals surface area contributed by atoms with Gasteiger partial charge in [-0.05, 0) is 159 Å². The number of anilines is 2. The number of benzene rings is 4. The van der Waals surface area contributed by atoms with Crippen molar-refractivity contribution in [3.05, 3.63) is 153 Å². The molecule has 2 aliphatic rings. The van der Waals surface area contributed by atoms with E-state index in [-0.39, 0.29) is 0 Å². The minimum Gasteiger partial charge on any atom is -0.399 e. The maximum atomic E-state index is 6.44. The zero-order chi connectivity index (χ0) is 38.8. The van der Waals surface area contributed by atoms with Crippen molar-refractivity contribution in [2.45, 2.75) is 41.5 Å². The number of aromatic nitrogens is 4. The molecule has 0 unspecified atom stereocenters. The Hall–Kier alpha value is -6.92. The fourth-order valence-electron chi connectivity index (χ4n) is 8.88. The highest BCUT2D eigenvalue weighted by atomic mass is 14.8. The monoisotopic (exact) mass is 728 g/mol. The molecule has 6 N–H and O–H groups in total. The van der Waals surface area contributed by atoms with Crippen molar-refractivity contribution in [3.63, 3.8) is 0 Å². The number of nitrogen functional groups attached to an aromatic ring is 2. The van der Waals surface area contributed by atoms with Crippen LogP contribution in [0.15, 0.2) is 97.1 Å². The van der Waals surface area contributed by atoms with Crippen LogP contribution in [0.1, 0.15) is 56.2 Å². The zero-order valence-electron chi connectivity index (χ0n) is 32.6. The lowest BCUT2D eigenvalue weighted by Gasteiger charge is -2.13. The van der Waals surface area contributed by atoms with Gasteiger partial charge in [0, 0.05) is 55.7 Å². The van der Waals surface area contributed by atoms with Gasteiger partial charge in [0.25, 0.3) is 0 Å². The second-order valence-corrected chi connectivity index (χ2v) is 15.3. The molecule has 0 aliphatic carbocycles. The second kappa shape index (κ2) is 13.4. The summed E-state index contributed by atoms with van der Waals surface area (Å²) in [6, 6.07) is 33.7. The van der Waals surface area contributed by atoms with Gasteiger partial charge in [0.15, 0.2) is 0 Å². The highest BCUT2D eigenvalue weighted by molar-refractivity contribution is 6.01. The van der Waals surface area contributed by atoms with Gasteiger partial charge in [-0.3, -0.25) is 0 Å². The van der Waals surface area contributed by atoms with Crippen molar-refractivity contribution in [3.8, 4) is 44.5 Å². The Labute approximate surface area is 327 Å². The van der Waals surface area contributed by atoms with Gasteiger partial charge in [-0.15, -0.1) is 0 Å². The van der Waals surface area contributed by atoms with E-state index in [1.807, 2.05) is 36.4 Å². The van der Waals surface area contributed by atoms with E-state index in [1.165, 1.54) is 33.4 Å². The van der Waals surface area contributed by atoms with Gasteiger partial charge in [0.1, 0.15) is 0 Å². The molecule has 0 saturated heterocycles. The van der Waals surface area contributed by atoms with E-state index in [0.29, 0.717) is 11.4 Å². The molecular formula is C50H44N6. The summed E-state index contributed by atoms with van der Waals surface area (Å²) in [4.78, 5) is 18.7. The van der Waals surface area contributed by atoms with Crippen LogP contribution < -0.4 is 11.5 Å². The van der Waals surface area contributed by atoms with Crippen LogP contribution in [-0.2, 0) is 0 Å². The number of nitrogens with one attached hydrogen (secondary N) is 2. The minimum absolute atomic E-state index is 0.691. The average molecular weight is 729 g/mol. The third-order valence-electron chi connectivity index (χ3n) is 11.0. The molecule has 0 radical (unpaired) electrons. The van der Waals surface area contributed by atoms with Gasteiger partial charge in [0.05, 0.1) is 22.8 Å². The number of nitrogens with zero attached hydrogens (tertiary/aromatic N) is 2. The first-order chi connectivity index (χ1) is 27.0. The predicted molar refractivity (Wildman–Crippen MR) is 238 cm³/mol. The molecule has 56 heavy (non-hydrogen) atoms. The van der Waals surface area contributed by atoms with Gasteiger partial charge in [0.2, 0.25) is 0 Å². The van der Waals surface area contributed by atoms with Crippen LogP contribution in [0.5, 0.6) is 0 Å². The van der Waals surface area contributed by atoms with E-state index in [4.69, 9.17) is 21.4 Å². The van der Waals surface area contributed by atoms with Gasteiger partial charge in [-0.2, -0.15) is 0 Å². The Morgan fingerprint density at radius 3 is 1.04 bits per heavy atom. The number of hydrogen-bond acceptors (Lipinski definition) is 4. The molecule has 2 aliphatic heterocycles. The van der Waals surface area contributed by atoms with Crippen LogP contribution in [0, 0.1) is 41.5 Å². The van der Waals surface area contributed by atoms with E-state index >= 15 is 0 Å². The summed E-state index contributed by atoms with van der Waals surface area (Å²) < 4.78 is 0. The van der Waals surface area contributed by atoms with Gasteiger partial charge < -0.3 is 21.4 Å². The van der Waals surface area contributed by atoms with Gasteiger partial charge in [-0.1, -0.05) is 59.7 Å². The predicted octanol–water partition coefficient (Wildman–Crippen LogP) is 12.3. The SMILES string of the molecule is Cc1cc(C)c(-c2c3nc(c(-c4cccc(N)c4)c4ccc([nH]4)c(-c4c(C)cc(C)cc4C)c4nc(c(-c5cccc(N)c5)c5ccc2[nH]5)C=C4)C=C3)c(C)c1. The van der Waals surface area contributed by atoms with Crippen molar-refractivity contribution >= 4 is 57.7 Å². The van der Waals surface area contributed by atoms with Crippen molar-refractivity contribution in [1.29, 1.82) is 0 Å². The Morgan fingerprint density at radius 2 is 0.696 bits per heavy atom. The van der Waals surface area contributed by atoms with E-state index in [2.05, 4.69) is 136 Å². The third kappa shape index (κ3) is 6.00. The number of fused-ring (bicyclic) bond motifs is 8. The molecule has 3 aromatic heterocycles. The van der Waals surface area contributed by atoms with Crippen LogP contribution in [-0.4, -0.2) is 19.9 Å². The summed E-state index contributed by atoms with van der Waals surface area (Å²) in [6.45, 7) is 13.0. The fraction of sp³-hybridized carbons (Fsp3) is 0.120. The lowest BCUT2D eigenvalue weighted by Crippen LogP contribution is -1.95. The maximum absolute atomic E-state index is 6.44. The number of H-pyrrole nitrogens is 2. The van der Waals surface area contributed by atoms with E-state index in [1.54, 1.807) is 0 Å². The van der Waals surface area contributed by atoms with Crippen molar-refractivity contribution in [2.75, 3.05) is 11.5 Å². The van der Waals surface area contributed by atoms with E-state index < -0.39 is 0 Å². The molecule has 6 nitrogen and oxygen atoms in total. The number of aryl methyl sites for hydroxylation is 6. The van der Waals surface area contributed by atoms with Crippen molar-refractivity contribution in [1.82, 2.24) is 19.9 Å². The molecule has 0 atom stereocenters. The van der Waals surface area contributed by atoms with E-state index in [0.717, 1.165) is 89.4 Å². The molecule has 0 amide bonds. The van der Waals surface area contributed by atoms with Crippen LogP contribution in [0.3, 0.4) is 0 Å².